The van der Waals surface area contributed by atoms with Crippen molar-refractivity contribution in [1.82, 2.24) is 25.4 Å². The summed E-state index contributed by atoms with van der Waals surface area (Å²) in [6.45, 7) is 6.34. The summed E-state index contributed by atoms with van der Waals surface area (Å²) in [4.78, 5) is 4.72. The Hall–Kier alpha value is -1.73. The van der Waals surface area contributed by atoms with E-state index >= 15 is 0 Å². The molecule has 0 saturated carbocycles. The molecule has 1 unspecified atom stereocenters. The van der Waals surface area contributed by atoms with Crippen LogP contribution in [0.2, 0.25) is 5.02 Å². The first-order chi connectivity index (χ1) is 13.5. The molecule has 8 heteroatoms. The van der Waals surface area contributed by atoms with E-state index < -0.39 is 0 Å². The van der Waals surface area contributed by atoms with Gasteiger partial charge in [-0.1, -0.05) is 30.7 Å². The van der Waals surface area contributed by atoms with Crippen LogP contribution in [0.4, 0.5) is 0 Å². The molecule has 1 aromatic carbocycles. The number of aromatic nitrogens is 3. The van der Waals surface area contributed by atoms with Gasteiger partial charge >= 0.3 is 0 Å². The third-order valence-electron chi connectivity index (χ3n) is 4.73. The summed E-state index contributed by atoms with van der Waals surface area (Å²) in [7, 11) is 1.97. The maximum Gasteiger partial charge on any atom is 0.191 e. The summed E-state index contributed by atoms with van der Waals surface area (Å²) in [6.07, 6.45) is 4.26. The van der Waals surface area contributed by atoms with Crippen molar-refractivity contribution in [2.75, 3.05) is 25.1 Å². The zero-order valence-corrected chi connectivity index (χ0v) is 18.8. The minimum absolute atomic E-state index is 0.396. The van der Waals surface area contributed by atoms with E-state index in [-0.39, 0.29) is 0 Å². The number of rotatable bonds is 10. The van der Waals surface area contributed by atoms with Gasteiger partial charge in [0.1, 0.15) is 12.4 Å². The highest BCUT2D eigenvalue weighted by Gasteiger charge is 2.11. The van der Waals surface area contributed by atoms with Gasteiger partial charge in [0, 0.05) is 31.1 Å². The number of aliphatic imine (C=N–C) groups is 1. The second-order valence-electron chi connectivity index (χ2n) is 6.70. The van der Waals surface area contributed by atoms with Crippen LogP contribution in [0.5, 0.6) is 0 Å². The van der Waals surface area contributed by atoms with Gasteiger partial charge in [0.15, 0.2) is 11.8 Å². The number of benzene rings is 1. The smallest absolute Gasteiger partial charge is 0.191 e. The van der Waals surface area contributed by atoms with Gasteiger partial charge < -0.3 is 15.2 Å². The number of nitrogens with zero attached hydrogens (tertiary/aromatic N) is 4. The van der Waals surface area contributed by atoms with Crippen LogP contribution in [0.1, 0.15) is 42.9 Å². The molecule has 0 aliphatic rings. The zero-order valence-electron chi connectivity index (χ0n) is 17.2. The van der Waals surface area contributed by atoms with Crippen molar-refractivity contribution in [2.24, 2.45) is 12.0 Å². The molecule has 0 fully saturated rings. The normalized spacial score (nSPS) is 12.8. The first-order valence-electron chi connectivity index (χ1n) is 9.66. The molecule has 1 heterocycles. The molecule has 0 amide bonds. The molecule has 2 rings (SSSR count). The van der Waals surface area contributed by atoms with Gasteiger partial charge in [-0.15, -0.1) is 10.2 Å². The van der Waals surface area contributed by atoms with Gasteiger partial charge in [0.05, 0.1) is 0 Å². The fourth-order valence-electron chi connectivity index (χ4n) is 2.79. The van der Waals surface area contributed by atoms with Crippen LogP contribution in [0, 0.1) is 6.92 Å². The van der Waals surface area contributed by atoms with Crippen LogP contribution >= 0.6 is 23.4 Å². The van der Waals surface area contributed by atoms with Crippen LogP contribution < -0.4 is 10.6 Å². The van der Waals surface area contributed by atoms with Gasteiger partial charge in [-0.2, -0.15) is 11.8 Å². The molecule has 0 radical (unpaired) electrons. The molecule has 6 nitrogen and oxygen atoms in total. The van der Waals surface area contributed by atoms with Crippen molar-refractivity contribution in [2.45, 2.75) is 39.2 Å². The van der Waals surface area contributed by atoms with Crippen molar-refractivity contribution in [3.05, 3.63) is 46.5 Å². The lowest BCUT2D eigenvalue weighted by atomic mass is 9.96. The number of thioether (sulfide) groups is 1. The van der Waals surface area contributed by atoms with E-state index in [0.29, 0.717) is 12.5 Å². The van der Waals surface area contributed by atoms with Gasteiger partial charge in [-0.3, -0.25) is 0 Å². The average molecular weight is 423 g/mol. The van der Waals surface area contributed by atoms with Crippen LogP contribution in [-0.2, 0) is 13.6 Å². The Kier molecular flexibility index (Phi) is 9.64. The molecular weight excluding hydrogens is 392 g/mol. The van der Waals surface area contributed by atoms with Crippen LogP contribution in [-0.4, -0.2) is 45.8 Å². The maximum atomic E-state index is 6.02. The van der Waals surface area contributed by atoms with E-state index in [1.165, 1.54) is 5.56 Å². The third kappa shape index (κ3) is 7.02. The molecule has 0 aliphatic heterocycles. The quantitative estimate of drug-likeness (QED) is 0.346. The minimum Gasteiger partial charge on any atom is -0.356 e. The number of aryl methyl sites for hydroxylation is 1. The Labute approximate surface area is 177 Å². The Morgan fingerprint density at radius 2 is 2.00 bits per heavy atom. The van der Waals surface area contributed by atoms with E-state index in [9.17, 15) is 0 Å². The van der Waals surface area contributed by atoms with E-state index in [0.717, 1.165) is 54.3 Å². The summed E-state index contributed by atoms with van der Waals surface area (Å²) in [5.74, 6) is 4.08. The predicted octanol–water partition coefficient (Wildman–Crippen LogP) is 3.76. The summed E-state index contributed by atoms with van der Waals surface area (Å²) in [6, 6.07) is 8.10. The number of guanidine groups is 1. The van der Waals surface area contributed by atoms with E-state index in [4.69, 9.17) is 16.6 Å². The second-order valence-corrected chi connectivity index (χ2v) is 8.12. The van der Waals surface area contributed by atoms with Gasteiger partial charge in [0.25, 0.3) is 0 Å². The molecular formula is C20H31ClN6S. The standard InChI is InChI=1S/C20H31ClN6S/c1-5-16(17-7-9-18(21)10-8-17)13-23-20(22-11-6-12-28-4)24-14-19-26-25-15(2)27(19)3/h7-10,16H,5-6,11-14H2,1-4H3,(H2,22,23,24). The van der Waals surface area contributed by atoms with E-state index in [2.05, 4.69) is 46.1 Å². The molecule has 1 atom stereocenters. The molecule has 154 valence electrons. The molecule has 1 aromatic heterocycles. The predicted molar refractivity (Wildman–Crippen MR) is 120 cm³/mol. The fraction of sp³-hybridized carbons (Fsp3) is 0.550. The second kappa shape index (κ2) is 12.0. The Morgan fingerprint density at radius 3 is 2.61 bits per heavy atom. The third-order valence-corrected chi connectivity index (χ3v) is 5.68. The molecule has 28 heavy (non-hydrogen) atoms. The molecule has 0 saturated heterocycles. The maximum absolute atomic E-state index is 6.02. The first-order valence-corrected chi connectivity index (χ1v) is 11.4. The van der Waals surface area contributed by atoms with Gasteiger partial charge in [-0.25, -0.2) is 4.99 Å². The van der Waals surface area contributed by atoms with Crippen molar-refractivity contribution in [3.8, 4) is 0 Å². The lowest BCUT2D eigenvalue weighted by molar-refractivity contribution is 0.627. The zero-order chi connectivity index (χ0) is 20.4. The lowest BCUT2D eigenvalue weighted by Crippen LogP contribution is -2.40. The van der Waals surface area contributed by atoms with Crippen LogP contribution in [0.25, 0.3) is 0 Å². The minimum atomic E-state index is 0.396. The summed E-state index contributed by atoms with van der Waals surface area (Å²) >= 11 is 7.88. The largest absolute Gasteiger partial charge is 0.356 e. The van der Waals surface area contributed by atoms with Gasteiger partial charge in [0.2, 0.25) is 0 Å². The first kappa shape index (κ1) is 22.6. The number of hydrogen-bond acceptors (Lipinski definition) is 4. The fourth-order valence-corrected chi connectivity index (χ4v) is 3.35. The van der Waals surface area contributed by atoms with Crippen molar-refractivity contribution >= 4 is 29.3 Å². The van der Waals surface area contributed by atoms with Crippen molar-refractivity contribution in [3.63, 3.8) is 0 Å². The highest BCUT2D eigenvalue weighted by atomic mass is 35.5. The van der Waals surface area contributed by atoms with Crippen LogP contribution in [0.15, 0.2) is 29.3 Å². The molecule has 0 aliphatic carbocycles. The summed E-state index contributed by atoms with van der Waals surface area (Å²) in [5, 5.41) is 16.0. The summed E-state index contributed by atoms with van der Waals surface area (Å²) in [5.41, 5.74) is 1.28. The number of hydrogen-bond donors (Lipinski definition) is 2. The SMILES string of the molecule is CCC(CNC(=NCc1nnc(C)n1C)NCCCSC)c1ccc(Cl)cc1. The average Bonchev–Trinajstić information content (AvgIpc) is 3.02. The molecule has 2 aromatic rings. The topological polar surface area (TPSA) is 67.1 Å². The van der Waals surface area contributed by atoms with E-state index in [1.807, 2.05) is 42.4 Å². The summed E-state index contributed by atoms with van der Waals surface area (Å²) < 4.78 is 1.97. The van der Waals surface area contributed by atoms with Crippen LogP contribution in [0.3, 0.4) is 0 Å². The monoisotopic (exact) mass is 422 g/mol. The van der Waals surface area contributed by atoms with Crippen molar-refractivity contribution in [1.29, 1.82) is 0 Å². The molecule has 0 spiro atoms. The molecule has 0 bridgehead atoms. The lowest BCUT2D eigenvalue weighted by Gasteiger charge is -2.19. The Balaban J connectivity index is 2.01. The molecule has 2 N–H and O–H groups in total. The van der Waals surface area contributed by atoms with Crippen molar-refractivity contribution < 1.29 is 0 Å². The van der Waals surface area contributed by atoms with E-state index in [1.54, 1.807) is 0 Å². The Morgan fingerprint density at radius 1 is 1.25 bits per heavy atom. The van der Waals surface area contributed by atoms with Gasteiger partial charge in [-0.05, 0) is 49.5 Å². The highest BCUT2D eigenvalue weighted by molar-refractivity contribution is 7.98. The number of nitrogens with one attached hydrogen (secondary N) is 2. The highest BCUT2D eigenvalue weighted by Crippen LogP contribution is 2.20. The Bertz CT molecular complexity index is 744. The number of halogens is 1.